The Morgan fingerprint density at radius 3 is 2.64 bits per heavy atom. The van der Waals surface area contributed by atoms with Crippen molar-refractivity contribution in [2.24, 2.45) is 11.8 Å². The van der Waals surface area contributed by atoms with Crippen LogP contribution in [0, 0.1) is 17.7 Å². The summed E-state index contributed by atoms with van der Waals surface area (Å²) in [7, 11) is 0. The zero-order valence-corrected chi connectivity index (χ0v) is 15.6. The van der Waals surface area contributed by atoms with Crippen LogP contribution in [-0.4, -0.2) is 42.1 Å². The number of hydrogen-bond acceptors (Lipinski definition) is 5. The number of likely N-dealkylation sites (tertiary alicyclic amines) is 1. The lowest BCUT2D eigenvalue weighted by molar-refractivity contribution is -0.0231. The summed E-state index contributed by atoms with van der Waals surface area (Å²) in [5.74, 6) is 2.95. The van der Waals surface area contributed by atoms with Gasteiger partial charge in [0.1, 0.15) is 17.7 Å². The van der Waals surface area contributed by atoms with E-state index in [1.54, 1.807) is 12.1 Å². The maximum absolute atomic E-state index is 13.1. The fourth-order valence-electron chi connectivity index (χ4n) is 4.79. The number of aliphatic hydroxyl groups is 1. The molecule has 0 spiro atoms. The quantitative estimate of drug-likeness (QED) is 0.876. The first-order chi connectivity index (χ1) is 13.7. The number of ether oxygens (including phenoxy) is 3. The number of rotatable bonds is 4. The highest BCUT2D eigenvalue weighted by Gasteiger charge is 2.42. The van der Waals surface area contributed by atoms with Crippen LogP contribution in [0.25, 0.3) is 0 Å². The number of halogens is 1. The monoisotopic (exact) mass is 385 g/mol. The zero-order chi connectivity index (χ0) is 19.1. The Kier molecular flexibility index (Phi) is 4.61. The highest BCUT2D eigenvalue weighted by atomic mass is 19.1. The average Bonchev–Trinajstić information content (AvgIpc) is 3.31. The molecule has 0 bridgehead atoms. The van der Waals surface area contributed by atoms with Crippen LogP contribution in [0.2, 0.25) is 0 Å². The third-order valence-corrected chi connectivity index (χ3v) is 6.13. The fraction of sp³-hybridized carbons (Fsp3) is 0.455. The highest BCUT2D eigenvalue weighted by molar-refractivity contribution is 5.48. The van der Waals surface area contributed by atoms with Crippen molar-refractivity contribution in [2.45, 2.75) is 31.6 Å². The second kappa shape index (κ2) is 7.26. The van der Waals surface area contributed by atoms with E-state index in [1.807, 2.05) is 12.1 Å². The Hall–Kier alpha value is -2.31. The van der Waals surface area contributed by atoms with Crippen molar-refractivity contribution in [3.05, 3.63) is 53.8 Å². The topological polar surface area (TPSA) is 51.2 Å². The third-order valence-electron chi connectivity index (χ3n) is 6.13. The molecule has 2 heterocycles. The smallest absolute Gasteiger partial charge is 0.231 e. The van der Waals surface area contributed by atoms with E-state index in [-0.39, 0.29) is 18.7 Å². The van der Waals surface area contributed by atoms with E-state index in [1.165, 1.54) is 12.1 Å². The SMILES string of the molecule is O[C@@H]1C[C@H]2CN(Cc3cccc4c3OCO4)C[C@H]2C[C@H]1Oc1ccc(F)cc1. The van der Waals surface area contributed by atoms with Crippen molar-refractivity contribution in [3.63, 3.8) is 0 Å². The van der Waals surface area contributed by atoms with E-state index in [9.17, 15) is 9.50 Å². The molecule has 4 atom stereocenters. The molecule has 148 valence electrons. The molecule has 2 fully saturated rings. The van der Waals surface area contributed by atoms with Gasteiger partial charge in [0, 0.05) is 25.2 Å². The lowest BCUT2D eigenvalue weighted by Gasteiger charge is -2.35. The molecular formula is C22H24FNO4. The summed E-state index contributed by atoms with van der Waals surface area (Å²) in [6, 6.07) is 12.0. The number of hydrogen-bond donors (Lipinski definition) is 1. The molecule has 3 aliphatic rings. The number of aliphatic hydroxyl groups excluding tert-OH is 1. The number of fused-ring (bicyclic) bond motifs is 2. The molecule has 28 heavy (non-hydrogen) atoms. The van der Waals surface area contributed by atoms with Gasteiger partial charge in [-0.2, -0.15) is 0 Å². The first kappa shape index (κ1) is 17.8. The van der Waals surface area contributed by atoms with Crippen LogP contribution in [-0.2, 0) is 6.54 Å². The van der Waals surface area contributed by atoms with E-state index < -0.39 is 6.10 Å². The maximum atomic E-state index is 13.1. The Morgan fingerprint density at radius 2 is 1.82 bits per heavy atom. The summed E-state index contributed by atoms with van der Waals surface area (Å²) in [6.07, 6.45) is 0.805. The second-order valence-corrected chi connectivity index (χ2v) is 8.01. The van der Waals surface area contributed by atoms with E-state index in [0.29, 0.717) is 17.6 Å². The summed E-state index contributed by atoms with van der Waals surface area (Å²) in [6.45, 7) is 3.05. The van der Waals surface area contributed by atoms with Crippen LogP contribution in [0.15, 0.2) is 42.5 Å². The molecule has 1 saturated carbocycles. The number of para-hydroxylation sites is 1. The van der Waals surface area contributed by atoms with Gasteiger partial charge in [-0.1, -0.05) is 12.1 Å². The maximum Gasteiger partial charge on any atom is 0.231 e. The van der Waals surface area contributed by atoms with Crippen LogP contribution < -0.4 is 14.2 Å². The molecule has 2 aliphatic heterocycles. The Bertz CT molecular complexity index is 843. The molecule has 5 nitrogen and oxygen atoms in total. The predicted molar refractivity (Wildman–Crippen MR) is 101 cm³/mol. The second-order valence-electron chi connectivity index (χ2n) is 8.01. The Balaban J connectivity index is 1.24. The number of nitrogens with zero attached hydrogens (tertiary/aromatic N) is 1. The van der Waals surface area contributed by atoms with E-state index >= 15 is 0 Å². The van der Waals surface area contributed by atoms with Gasteiger partial charge in [0.05, 0.1) is 6.10 Å². The third kappa shape index (κ3) is 3.42. The van der Waals surface area contributed by atoms with Crippen molar-refractivity contribution in [1.29, 1.82) is 0 Å². The molecule has 5 rings (SSSR count). The van der Waals surface area contributed by atoms with E-state index in [4.69, 9.17) is 14.2 Å². The van der Waals surface area contributed by atoms with Gasteiger partial charge in [-0.15, -0.1) is 0 Å². The molecule has 0 amide bonds. The van der Waals surface area contributed by atoms with Crippen LogP contribution in [0.1, 0.15) is 18.4 Å². The van der Waals surface area contributed by atoms with Gasteiger partial charge < -0.3 is 19.3 Å². The molecule has 1 N–H and O–H groups in total. The van der Waals surface area contributed by atoms with Gasteiger partial charge in [-0.3, -0.25) is 4.90 Å². The number of benzene rings is 2. The van der Waals surface area contributed by atoms with Crippen molar-refractivity contribution in [1.82, 2.24) is 4.90 Å². The molecule has 1 saturated heterocycles. The summed E-state index contributed by atoms with van der Waals surface area (Å²) >= 11 is 0. The normalized spacial score (nSPS) is 28.9. The molecule has 0 unspecified atom stereocenters. The van der Waals surface area contributed by atoms with Crippen molar-refractivity contribution in [3.8, 4) is 17.2 Å². The summed E-state index contributed by atoms with van der Waals surface area (Å²) in [5.41, 5.74) is 1.15. The largest absolute Gasteiger partial charge is 0.488 e. The van der Waals surface area contributed by atoms with Crippen LogP contribution in [0.3, 0.4) is 0 Å². The molecule has 1 aliphatic carbocycles. The summed E-state index contributed by atoms with van der Waals surface area (Å²) in [4.78, 5) is 2.43. The minimum Gasteiger partial charge on any atom is -0.488 e. The van der Waals surface area contributed by atoms with Gasteiger partial charge >= 0.3 is 0 Å². The highest BCUT2D eigenvalue weighted by Crippen LogP contribution is 2.40. The summed E-state index contributed by atoms with van der Waals surface area (Å²) in [5, 5.41) is 10.6. The predicted octanol–water partition coefficient (Wildman–Crippen LogP) is 3.20. The minimum atomic E-state index is -0.496. The lowest BCUT2D eigenvalue weighted by Crippen LogP contribution is -2.42. The van der Waals surface area contributed by atoms with Gasteiger partial charge in [0.2, 0.25) is 6.79 Å². The standard InChI is InChI=1S/C22H24FNO4/c23-17-4-6-18(7-5-17)28-21-9-16-12-24(11-15(16)8-19(21)25)10-14-2-1-3-20-22(14)27-13-26-20/h1-7,15-16,19,21,25H,8-13H2/t15-,16+,19+,21+/m0/s1. The van der Waals surface area contributed by atoms with Crippen LogP contribution in [0.4, 0.5) is 4.39 Å². The van der Waals surface area contributed by atoms with Crippen molar-refractivity contribution in [2.75, 3.05) is 19.9 Å². The average molecular weight is 385 g/mol. The van der Waals surface area contributed by atoms with Crippen molar-refractivity contribution >= 4 is 0 Å². The van der Waals surface area contributed by atoms with Crippen LogP contribution >= 0.6 is 0 Å². The van der Waals surface area contributed by atoms with E-state index in [2.05, 4.69) is 11.0 Å². The van der Waals surface area contributed by atoms with Gasteiger partial charge in [-0.25, -0.2) is 4.39 Å². The molecule has 0 radical (unpaired) electrons. The first-order valence-electron chi connectivity index (χ1n) is 9.86. The zero-order valence-electron chi connectivity index (χ0n) is 15.6. The first-order valence-corrected chi connectivity index (χ1v) is 9.86. The molecule has 6 heteroatoms. The Morgan fingerprint density at radius 1 is 1.04 bits per heavy atom. The van der Waals surface area contributed by atoms with Gasteiger partial charge in [-0.05, 0) is 55.0 Å². The van der Waals surface area contributed by atoms with Gasteiger partial charge in [0.15, 0.2) is 11.5 Å². The molecule has 2 aromatic carbocycles. The molecule has 0 aromatic heterocycles. The molecular weight excluding hydrogens is 361 g/mol. The minimum absolute atomic E-state index is 0.246. The van der Waals surface area contributed by atoms with Crippen LogP contribution in [0.5, 0.6) is 17.2 Å². The molecule has 2 aromatic rings. The summed E-state index contributed by atoms with van der Waals surface area (Å²) < 4.78 is 30.2. The van der Waals surface area contributed by atoms with Gasteiger partial charge in [0.25, 0.3) is 0 Å². The Labute approximate surface area is 163 Å². The van der Waals surface area contributed by atoms with Crippen molar-refractivity contribution < 1.29 is 23.7 Å². The lowest BCUT2D eigenvalue weighted by atomic mass is 9.78. The fourth-order valence-corrected chi connectivity index (χ4v) is 4.79. The van der Waals surface area contributed by atoms with E-state index in [0.717, 1.165) is 49.5 Å².